The van der Waals surface area contributed by atoms with Crippen molar-refractivity contribution >= 4 is 13.2 Å². The lowest BCUT2D eigenvalue weighted by Crippen LogP contribution is -2.25. The van der Waals surface area contributed by atoms with E-state index in [1.165, 1.54) is 6.07 Å². The van der Waals surface area contributed by atoms with Gasteiger partial charge >= 0.3 is 7.32 Å². The van der Waals surface area contributed by atoms with E-state index in [0.717, 1.165) is 12.8 Å². The molecule has 1 aliphatic rings. The highest BCUT2D eigenvalue weighted by molar-refractivity contribution is 6.33. The van der Waals surface area contributed by atoms with Gasteiger partial charge in [-0.15, -0.1) is 0 Å². The Kier molecular flexibility index (Phi) is 3.12. The van der Waals surface area contributed by atoms with Crippen LogP contribution in [0.3, 0.4) is 0 Å². The van der Waals surface area contributed by atoms with Gasteiger partial charge in [0.2, 0.25) is 0 Å². The normalized spacial score (nSPS) is 14.4. The number of carbonyl (C=O) groups excluding carboxylic acids is 1. The first-order valence-corrected chi connectivity index (χ1v) is 5.09. The summed E-state index contributed by atoms with van der Waals surface area (Å²) < 4.78 is 4.66. The Balaban J connectivity index is 2.04. The molecule has 0 radical (unpaired) electrons. The summed E-state index contributed by atoms with van der Waals surface area (Å²) in [4.78, 5) is 11.6. The van der Waals surface area contributed by atoms with Crippen molar-refractivity contribution in [3.05, 3.63) is 29.8 Å². The van der Waals surface area contributed by atoms with Gasteiger partial charge in [-0.05, 0) is 31.0 Å². The molecule has 1 aromatic carbocycles. The summed E-state index contributed by atoms with van der Waals surface area (Å²) >= 11 is 0. The van der Waals surface area contributed by atoms with Crippen LogP contribution < -0.4 is 9.97 Å². The third-order valence-electron chi connectivity index (χ3n) is 2.25. The Bertz CT molecular complexity index is 392. The topological polar surface area (TPSA) is 78.8 Å². The molecule has 2 rings (SSSR count). The molecular formula is C10H12BNO4. The zero-order chi connectivity index (χ0) is 11.5. The van der Waals surface area contributed by atoms with Gasteiger partial charge in [0, 0.05) is 11.6 Å². The second-order valence-corrected chi connectivity index (χ2v) is 3.72. The maximum absolute atomic E-state index is 11.6. The zero-order valence-electron chi connectivity index (χ0n) is 8.59. The maximum Gasteiger partial charge on any atom is 0.707 e. The van der Waals surface area contributed by atoms with Crippen molar-refractivity contribution in [2.75, 3.05) is 0 Å². The predicted octanol–water partition coefficient (Wildman–Crippen LogP) is -0.0729. The van der Waals surface area contributed by atoms with Gasteiger partial charge in [0.1, 0.15) is 5.75 Å². The lowest BCUT2D eigenvalue weighted by molar-refractivity contribution is 0.0950. The molecule has 16 heavy (non-hydrogen) atoms. The first kappa shape index (κ1) is 11.0. The number of amides is 1. The van der Waals surface area contributed by atoms with Gasteiger partial charge in [-0.2, -0.15) is 0 Å². The molecule has 84 valence electrons. The van der Waals surface area contributed by atoms with Crippen molar-refractivity contribution in [2.24, 2.45) is 0 Å². The van der Waals surface area contributed by atoms with Crippen LogP contribution in [-0.4, -0.2) is 29.3 Å². The number of carbonyl (C=O) groups is 1. The van der Waals surface area contributed by atoms with E-state index in [1.54, 1.807) is 18.2 Å². The Morgan fingerprint density at radius 1 is 1.44 bits per heavy atom. The van der Waals surface area contributed by atoms with E-state index in [4.69, 9.17) is 10.0 Å². The first-order valence-electron chi connectivity index (χ1n) is 5.09. The summed E-state index contributed by atoms with van der Waals surface area (Å²) in [6.07, 6.45) is 2.05. The molecule has 0 aliphatic heterocycles. The highest BCUT2D eigenvalue weighted by atomic mass is 16.6. The fourth-order valence-electron chi connectivity index (χ4n) is 1.33. The monoisotopic (exact) mass is 221 g/mol. The van der Waals surface area contributed by atoms with Crippen molar-refractivity contribution in [3.8, 4) is 5.75 Å². The Hall–Kier alpha value is -1.53. The van der Waals surface area contributed by atoms with Crippen LogP contribution in [0.5, 0.6) is 5.75 Å². The van der Waals surface area contributed by atoms with Crippen LogP contribution in [0.1, 0.15) is 23.2 Å². The largest absolute Gasteiger partial charge is 0.707 e. The fraction of sp³-hybridized carbons (Fsp3) is 0.300. The molecule has 6 heteroatoms. The minimum absolute atomic E-state index is 0.166. The van der Waals surface area contributed by atoms with Crippen LogP contribution in [0.2, 0.25) is 0 Å². The van der Waals surface area contributed by atoms with E-state index >= 15 is 0 Å². The summed E-state index contributed by atoms with van der Waals surface area (Å²) in [6.45, 7) is 0. The number of benzene rings is 1. The van der Waals surface area contributed by atoms with Crippen molar-refractivity contribution in [1.29, 1.82) is 0 Å². The SMILES string of the molecule is O=C(NC1CC1)c1cccc(OB(O)O)c1. The van der Waals surface area contributed by atoms with Crippen molar-refractivity contribution < 1.29 is 19.5 Å². The van der Waals surface area contributed by atoms with Gasteiger partial charge in [0.15, 0.2) is 0 Å². The average Bonchev–Trinajstić information content (AvgIpc) is 3.01. The Labute approximate surface area is 93.2 Å². The van der Waals surface area contributed by atoms with Crippen molar-refractivity contribution in [2.45, 2.75) is 18.9 Å². The highest BCUT2D eigenvalue weighted by Crippen LogP contribution is 2.20. The minimum atomic E-state index is -1.87. The minimum Gasteiger partial charge on any atom is -0.512 e. The van der Waals surface area contributed by atoms with Gasteiger partial charge < -0.3 is 20.0 Å². The molecule has 1 aromatic rings. The quantitative estimate of drug-likeness (QED) is 0.621. The first-order chi connectivity index (χ1) is 7.65. The van der Waals surface area contributed by atoms with Crippen LogP contribution in [-0.2, 0) is 0 Å². The fourth-order valence-corrected chi connectivity index (χ4v) is 1.33. The predicted molar refractivity (Wildman–Crippen MR) is 57.7 cm³/mol. The van der Waals surface area contributed by atoms with Crippen LogP contribution in [0.4, 0.5) is 0 Å². The summed E-state index contributed by atoms with van der Waals surface area (Å²) in [5.74, 6) is 0.0822. The van der Waals surface area contributed by atoms with E-state index in [2.05, 4.69) is 9.97 Å². The molecule has 0 saturated heterocycles. The summed E-state index contributed by atoms with van der Waals surface area (Å²) in [6, 6.07) is 6.58. The van der Waals surface area contributed by atoms with Crippen LogP contribution in [0.25, 0.3) is 0 Å². The van der Waals surface area contributed by atoms with E-state index in [-0.39, 0.29) is 11.7 Å². The number of rotatable bonds is 4. The van der Waals surface area contributed by atoms with Crippen LogP contribution >= 0.6 is 0 Å². The maximum atomic E-state index is 11.6. The molecule has 0 spiro atoms. The van der Waals surface area contributed by atoms with E-state index < -0.39 is 7.32 Å². The molecule has 1 fully saturated rings. The van der Waals surface area contributed by atoms with Gasteiger partial charge in [-0.3, -0.25) is 4.79 Å². The summed E-state index contributed by atoms with van der Waals surface area (Å²) in [7, 11) is -1.87. The molecule has 1 amide bonds. The second kappa shape index (κ2) is 4.55. The molecule has 1 aliphatic carbocycles. The van der Waals surface area contributed by atoms with E-state index in [9.17, 15) is 4.79 Å². The average molecular weight is 221 g/mol. The zero-order valence-corrected chi connectivity index (χ0v) is 8.59. The molecular weight excluding hydrogens is 209 g/mol. The van der Waals surface area contributed by atoms with Crippen molar-refractivity contribution in [3.63, 3.8) is 0 Å². The Morgan fingerprint density at radius 3 is 2.81 bits per heavy atom. The highest BCUT2D eigenvalue weighted by Gasteiger charge is 2.24. The molecule has 1 saturated carbocycles. The number of nitrogens with one attached hydrogen (secondary N) is 1. The lowest BCUT2D eigenvalue weighted by atomic mass is 10.2. The van der Waals surface area contributed by atoms with Crippen LogP contribution in [0.15, 0.2) is 24.3 Å². The van der Waals surface area contributed by atoms with Gasteiger partial charge in [0.25, 0.3) is 5.91 Å². The third kappa shape index (κ3) is 2.98. The Morgan fingerprint density at radius 2 is 2.19 bits per heavy atom. The summed E-state index contributed by atoms with van der Waals surface area (Å²) in [5.41, 5.74) is 0.449. The standard InChI is InChI=1S/C10H12BNO4/c13-10(12-8-4-5-8)7-2-1-3-9(6-7)16-11(14)15/h1-3,6,8,14-15H,4-5H2,(H,12,13). The molecule has 3 N–H and O–H groups in total. The molecule has 5 nitrogen and oxygen atoms in total. The molecule has 0 heterocycles. The number of hydrogen-bond acceptors (Lipinski definition) is 4. The van der Waals surface area contributed by atoms with Crippen molar-refractivity contribution in [1.82, 2.24) is 5.32 Å². The summed E-state index contributed by atoms with van der Waals surface area (Å²) in [5, 5.41) is 20.1. The molecule has 0 aromatic heterocycles. The lowest BCUT2D eigenvalue weighted by Gasteiger charge is -2.07. The second-order valence-electron chi connectivity index (χ2n) is 3.72. The van der Waals surface area contributed by atoms with Gasteiger partial charge in [-0.1, -0.05) is 6.07 Å². The van der Waals surface area contributed by atoms with Crippen LogP contribution in [0, 0.1) is 0 Å². The van der Waals surface area contributed by atoms with E-state index in [0.29, 0.717) is 11.6 Å². The molecule has 0 bridgehead atoms. The smallest absolute Gasteiger partial charge is 0.512 e. The molecule has 0 unspecified atom stereocenters. The molecule has 0 atom stereocenters. The number of hydrogen-bond donors (Lipinski definition) is 3. The third-order valence-corrected chi connectivity index (χ3v) is 2.25. The van der Waals surface area contributed by atoms with E-state index in [1.807, 2.05) is 0 Å². The van der Waals surface area contributed by atoms with Gasteiger partial charge in [0.05, 0.1) is 0 Å². The van der Waals surface area contributed by atoms with Gasteiger partial charge in [-0.25, -0.2) is 0 Å².